The van der Waals surface area contributed by atoms with Gasteiger partial charge in [0.05, 0.1) is 76.4 Å². The number of unbranched alkanes of at least 4 members (excludes halogenated alkanes) is 3. The number of ether oxygens (including phenoxy) is 13. The van der Waals surface area contributed by atoms with Crippen LogP contribution in [0.2, 0.25) is 0 Å². The van der Waals surface area contributed by atoms with Crippen LogP contribution in [0.15, 0.2) is 170 Å². The predicted molar refractivity (Wildman–Crippen MR) is 399 cm³/mol. The van der Waals surface area contributed by atoms with Gasteiger partial charge in [0.25, 0.3) is 8.53 Å². The maximum atomic E-state index is 14.1. The Labute approximate surface area is 622 Å². The van der Waals surface area contributed by atoms with Crippen molar-refractivity contribution < 1.29 is 85.0 Å². The molecule has 0 N–H and O–H groups in total. The Bertz CT molecular complexity index is 3520. The van der Waals surface area contributed by atoms with Gasteiger partial charge in [0.15, 0.2) is 18.9 Å². The lowest BCUT2D eigenvalue weighted by Gasteiger charge is -2.47. The van der Waals surface area contributed by atoms with Crippen molar-refractivity contribution in [3.8, 4) is 17.6 Å². The highest BCUT2D eigenvalue weighted by Gasteiger charge is 2.50. The summed E-state index contributed by atoms with van der Waals surface area (Å²) < 4.78 is 99.5. The largest absolute Gasteiger partial charge is 0.497 e. The normalized spacial score (nSPS) is 25.1. The third-order valence-electron chi connectivity index (χ3n) is 20.4. The molecule has 0 bridgehead atoms. The molecule has 21 heteroatoms. The summed E-state index contributed by atoms with van der Waals surface area (Å²) in [5, 5.41) is 9.19. The van der Waals surface area contributed by atoms with Crippen molar-refractivity contribution in [2.45, 2.75) is 181 Å². The predicted octanol–water partition coefficient (Wildman–Crippen LogP) is 16.0. The molecule has 3 saturated heterocycles. The molecule has 0 spiro atoms. The SMILES string of the molecule is COc1ccc(C(OCCCCCOC2OC(COC3OC(COC4OC(COCCCCOP(OCCC#N)N(C(C)C)C(C)C)C(OC(=O)c5ccccc5)C(C)C4C)C(OC(=O)c4ccccc4)C(C)C3C)C(OC(=O)c3ccccc3)C(C)C2C)(c2ccccc2)c2ccc(OC)cc2)cc1. The Morgan fingerprint density at radius 2 is 0.800 bits per heavy atom. The van der Waals surface area contributed by atoms with E-state index in [-0.39, 0.29) is 80.4 Å². The molecule has 0 saturated carbocycles. The molecule has 0 aliphatic carbocycles. The second-order valence-electron chi connectivity index (χ2n) is 28.1. The summed E-state index contributed by atoms with van der Waals surface area (Å²) >= 11 is 0. The Hall–Kier alpha value is -7.19. The standard InChI is InChI=1S/C84H109N2O18P/c1-56(2)86(57(3)4)105(98-52-30-47-85)97-51-29-28-48-92-53-72-75(102-78(87)64-31-18-13-19-32-64)59(6)62(9)82(99-72)94-55-74-77(104-80(89)66-35-22-15-23-36-66)60(7)63(10)83(101-74)95-54-73-76(103-79(88)65-33-20-14-21-34-65)58(5)61(8)81(100-73)93-49-26-17-27-50-96-84(67-37-24-16-25-38-67,68-39-43-70(90-11)44-40-68)69-41-45-71(91-12)46-42-69/h13-16,18-25,31-46,56-63,72-77,81-83H,17,26-30,48-55H2,1-12H3. The Morgan fingerprint density at radius 3 is 1.21 bits per heavy atom. The van der Waals surface area contributed by atoms with E-state index in [1.807, 2.05) is 102 Å². The fourth-order valence-corrected chi connectivity index (χ4v) is 15.4. The van der Waals surface area contributed by atoms with Crippen LogP contribution in [0.1, 0.15) is 156 Å². The van der Waals surface area contributed by atoms with Gasteiger partial charge in [-0.2, -0.15) is 5.26 Å². The van der Waals surface area contributed by atoms with Gasteiger partial charge in [-0.3, -0.25) is 0 Å². The minimum Gasteiger partial charge on any atom is -0.497 e. The summed E-state index contributed by atoms with van der Waals surface area (Å²) in [6, 6.07) is 55.3. The number of carbonyl (C=O) groups is 3. The molecular weight excluding hydrogens is 1360 g/mol. The highest BCUT2D eigenvalue weighted by molar-refractivity contribution is 7.44. The van der Waals surface area contributed by atoms with Gasteiger partial charge in [0, 0.05) is 67.4 Å². The molecule has 3 aliphatic heterocycles. The van der Waals surface area contributed by atoms with Crippen molar-refractivity contribution in [3.63, 3.8) is 0 Å². The van der Waals surface area contributed by atoms with Crippen molar-refractivity contribution in [2.24, 2.45) is 35.5 Å². The molecule has 3 fully saturated rings. The van der Waals surface area contributed by atoms with Crippen molar-refractivity contribution in [2.75, 3.05) is 67.1 Å². The number of hydrogen-bond donors (Lipinski definition) is 0. The fourth-order valence-electron chi connectivity index (χ4n) is 13.8. The fraction of sp³-hybridized carbons (Fsp3) is 0.524. The minimum absolute atomic E-state index is 0.0532. The molecule has 3 heterocycles. The molecule has 9 rings (SSSR count). The second kappa shape index (κ2) is 41.2. The molecule has 0 amide bonds. The van der Waals surface area contributed by atoms with Crippen molar-refractivity contribution >= 4 is 26.4 Å². The highest BCUT2D eigenvalue weighted by atomic mass is 31.2. The summed E-state index contributed by atoms with van der Waals surface area (Å²) in [7, 11) is 1.93. The molecule has 20 nitrogen and oxygen atoms in total. The molecule has 3 aliphatic rings. The molecule has 6 aromatic rings. The first-order valence-electron chi connectivity index (χ1n) is 37.2. The van der Waals surface area contributed by atoms with Crippen LogP contribution in [0.4, 0.5) is 0 Å². The van der Waals surface area contributed by atoms with Gasteiger partial charge >= 0.3 is 17.9 Å². The zero-order chi connectivity index (χ0) is 74.8. The van der Waals surface area contributed by atoms with E-state index in [0.29, 0.717) is 62.4 Å². The molecule has 0 radical (unpaired) electrons. The number of esters is 3. The maximum absolute atomic E-state index is 14.1. The number of rotatable bonds is 39. The zero-order valence-electron chi connectivity index (χ0n) is 63.1. The number of nitriles is 1. The van der Waals surface area contributed by atoms with E-state index >= 15 is 0 Å². The molecule has 16 unspecified atom stereocenters. The monoisotopic (exact) mass is 1460 g/mol. The number of methoxy groups -OCH3 is 2. The zero-order valence-corrected chi connectivity index (χ0v) is 64.0. The van der Waals surface area contributed by atoms with Crippen LogP contribution in [-0.2, 0) is 66.8 Å². The summed E-state index contributed by atoms with van der Waals surface area (Å²) in [6.07, 6.45) is -3.25. The van der Waals surface area contributed by atoms with Gasteiger partial charge in [-0.25, -0.2) is 19.1 Å². The molecule has 16 atom stereocenters. The topological polar surface area (TPSA) is 217 Å². The number of benzene rings is 6. The summed E-state index contributed by atoms with van der Waals surface area (Å²) in [5.41, 5.74) is 3.15. The van der Waals surface area contributed by atoms with Gasteiger partial charge in [-0.1, -0.05) is 151 Å². The first-order valence-corrected chi connectivity index (χ1v) is 38.4. The number of hydrogen-bond acceptors (Lipinski definition) is 20. The van der Waals surface area contributed by atoms with Crippen molar-refractivity contribution in [1.29, 1.82) is 5.26 Å². The first kappa shape index (κ1) is 81.9. The lowest BCUT2D eigenvalue weighted by molar-refractivity contribution is -0.317. The van der Waals surface area contributed by atoms with E-state index < -0.39 is 87.5 Å². The Balaban J connectivity index is 0.877. The lowest BCUT2D eigenvalue weighted by atomic mass is 9.80. The summed E-state index contributed by atoms with van der Waals surface area (Å²) in [6.45, 7) is 22.4. The average molecular weight is 1470 g/mol. The van der Waals surface area contributed by atoms with E-state index in [0.717, 1.165) is 41.0 Å². The first-order chi connectivity index (χ1) is 50.9. The van der Waals surface area contributed by atoms with Crippen LogP contribution in [0, 0.1) is 46.8 Å². The van der Waals surface area contributed by atoms with Crippen molar-refractivity contribution in [1.82, 2.24) is 4.67 Å². The smallest absolute Gasteiger partial charge is 0.338 e. The van der Waals surface area contributed by atoms with Gasteiger partial charge in [0.2, 0.25) is 0 Å². The maximum Gasteiger partial charge on any atom is 0.338 e. The van der Waals surface area contributed by atoms with Gasteiger partial charge in [0.1, 0.15) is 53.7 Å². The van der Waals surface area contributed by atoms with E-state index in [2.05, 4.69) is 74.8 Å². The lowest BCUT2D eigenvalue weighted by Crippen LogP contribution is -2.57. The van der Waals surface area contributed by atoms with E-state index in [4.69, 9.17) is 70.6 Å². The molecule has 568 valence electrons. The van der Waals surface area contributed by atoms with Crippen LogP contribution in [-0.4, -0.2) is 157 Å². The number of nitrogens with zero attached hydrogens (tertiary/aromatic N) is 2. The van der Waals surface area contributed by atoms with E-state index in [1.54, 1.807) is 87.0 Å². The molecule has 0 aromatic heterocycles. The van der Waals surface area contributed by atoms with Gasteiger partial charge < -0.3 is 70.6 Å². The number of carbonyl (C=O) groups excluding carboxylic acids is 3. The van der Waals surface area contributed by atoms with Crippen LogP contribution in [0.5, 0.6) is 11.5 Å². The van der Waals surface area contributed by atoms with Gasteiger partial charge in [-0.15, -0.1) is 0 Å². The summed E-state index contributed by atoms with van der Waals surface area (Å²) in [4.78, 5) is 41.9. The second-order valence-corrected chi connectivity index (χ2v) is 29.6. The van der Waals surface area contributed by atoms with Gasteiger partial charge in [-0.05, 0) is 137 Å². The Kier molecular flexibility index (Phi) is 32.2. The minimum atomic E-state index is -1.39. The third-order valence-corrected chi connectivity index (χ3v) is 22.5. The molecular formula is C84H109N2O18P. The van der Waals surface area contributed by atoms with Crippen LogP contribution < -0.4 is 9.47 Å². The van der Waals surface area contributed by atoms with Crippen LogP contribution in [0.25, 0.3) is 0 Å². The quantitative estimate of drug-likeness (QED) is 0.0115. The average Bonchev–Trinajstić information content (AvgIpc) is 0.757. The molecule has 105 heavy (non-hydrogen) atoms. The van der Waals surface area contributed by atoms with E-state index in [1.165, 1.54) is 0 Å². The van der Waals surface area contributed by atoms with Crippen molar-refractivity contribution in [3.05, 3.63) is 203 Å². The molecule has 6 aromatic carbocycles. The third kappa shape index (κ3) is 22.0. The summed E-state index contributed by atoms with van der Waals surface area (Å²) in [5.74, 6) is -1.73. The Morgan fingerprint density at radius 1 is 0.438 bits per heavy atom. The van der Waals surface area contributed by atoms with E-state index in [9.17, 15) is 19.6 Å². The highest BCUT2D eigenvalue weighted by Crippen LogP contribution is 2.47. The van der Waals surface area contributed by atoms with Crippen LogP contribution in [0.3, 0.4) is 0 Å². The van der Waals surface area contributed by atoms with Crippen LogP contribution >= 0.6 is 8.53 Å².